The zero-order valence-electron chi connectivity index (χ0n) is 16.6. The number of para-hydroxylation sites is 1. The fourth-order valence-corrected chi connectivity index (χ4v) is 2.82. The van der Waals surface area contributed by atoms with Crippen LogP contribution in [0.4, 0.5) is 27.6 Å². The molecule has 0 radical (unpaired) electrons. The highest BCUT2D eigenvalue weighted by Gasteiger charge is 2.39. The number of carbonyl (C=O) groups excluding carboxylic acids is 1. The average molecular weight is 472 g/mol. The van der Waals surface area contributed by atoms with Crippen LogP contribution in [0.25, 0.3) is 11.3 Å². The van der Waals surface area contributed by atoms with Crippen molar-refractivity contribution in [2.45, 2.75) is 26.1 Å². The van der Waals surface area contributed by atoms with E-state index < -0.39 is 46.8 Å². The SMILES string of the molecule is Cc1cnc(-c2cc(OC(C)C(F)(F)F)c(C(=O)Nc3c(F)cccc3Cl)cc2F)cn1. The third-order valence-electron chi connectivity index (χ3n) is 4.34. The Morgan fingerprint density at radius 1 is 1.12 bits per heavy atom. The normalized spacial score (nSPS) is 12.4. The van der Waals surface area contributed by atoms with Crippen molar-refractivity contribution >= 4 is 23.2 Å². The minimum absolute atomic E-state index is 0.0155. The summed E-state index contributed by atoms with van der Waals surface area (Å²) >= 11 is 5.87. The molecular weight excluding hydrogens is 457 g/mol. The zero-order valence-corrected chi connectivity index (χ0v) is 17.4. The minimum atomic E-state index is -4.76. The number of aryl methyl sites for hydroxylation is 1. The molecule has 5 nitrogen and oxygen atoms in total. The second-order valence-corrected chi connectivity index (χ2v) is 7.13. The molecule has 1 N–H and O–H groups in total. The Morgan fingerprint density at radius 3 is 2.44 bits per heavy atom. The summed E-state index contributed by atoms with van der Waals surface area (Å²) in [5, 5.41) is 1.98. The van der Waals surface area contributed by atoms with Gasteiger partial charge in [0.15, 0.2) is 6.10 Å². The molecule has 0 aliphatic rings. The number of nitrogens with zero attached hydrogens (tertiary/aromatic N) is 2. The lowest BCUT2D eigenvalue weighted by atomic mass is 10.1. The predicted molar refractivity (Wildman–Crippen MR) is 108 cm³/mol. The third kappa shape index (κ3) is 5.13. The first-order chi connectivity index (χ1) is 15.0. The number of halogens is 6. The van der Waals surface area contributed by atoms with Crippen molar-refractivity contribution in [3.8, 4) is 17.0 Å². The number of rotatable bonds is 5. The van der Waals surface area contributed by atoms with Crippen LogP contribution in [-0.2, 0) is 0 Å². The molecule has 0 spiro atoms. The number of anilines is 1. The van der Waals surface area contributed by atoms with Crippen LogP contribution in [0.3, 0.4) is 0 Å². The van der Waals surface area contributed by atoms with E-state index in [4.69, 9.17) is 16.3 Å². The molecule has 11 heteroatoms. The number of hydrogen-bond donors (Lipinski definition) is 1. The highest BCUT2D eigenvalue weighted by Crippen LogP contribution is 2.34. The van der Waals surface area contributed by atoms with E-state index in [2.05, 4.69) is 15.3 Å². The van der Waals surface area contributed by atoms with E-state index >= 15 is 0 Å². The Bertz CT molecular complexity index is 1130. The molecule has 1 heterocycles. The Morgan fingerprint density at radius 2 is 1.84 bits per heavy atom. The van der Waals surface area contributed by atoms with Crippen molar-refractivity contribution in [1.29, 1.82) is 0 Å². The van der Waals surface area contributed by atoms with Gasteiger partial charge < -0.3 is 10.1 Å². The minimum Gasteiger partial charge on any atom is -0.480 e. The van der Waals surface area contributed by atoms with E-state index in [1.807, 2.05) is 0 Å². The van der Waals surface area contributed by atoms with Gasteiger partial charge in [-0.25, -0.2) is 8.78 Å². The predicted octanol–water partition coefficient (Wildman–Crippen LogP) is 5.97. The van der Waals surface area contributed by atoms with E-state index in [0.717, 1.165) is 19.1 Å². The van der Waals surface area contributed by atoms with Crippen molar-refractivity contribution in [3.63, 3.8) is 0 Å². The van der Waals surface area contributed by atoms with Crippen LogP contribution < -0.4 is 10.1 Å². The summed E-state index contributed by atoms with van der Waals surface area (Å²) in [6.45, 7) is 2.37. The van der Waals surface area contributed by atoms with Gasteiger partial charge in [0.2, 0.25) is 0 Å². The first kappa shape index (κ1) is 23.4. The lowest BCUT2D eigenvalue weighted by Crippen LogP contribution is -2.32. The van der Waals surface area contributed by atoms with Crippen molar-refractivity contribution in [2.24, 2.45) is 0 Å². The number of ether oxygens (including phenoxy) is 1. The topological polar surface area (TPSA) is 64.1 Å². The number of carbonyl (C=O) groups is 1. The standard InChI is InChI=1S/C21H15ClF5N3O2/c1-10-8-29-17(9-28-10)12-7-18(32-11(2)21(25,26)27)13(6-16(12)24)20(31)30-19-14(22)4-3-5-15(19)23/h3-9,11H,1-2H3,(H,30,31). The van der Waals surface area contributed by atoms with Crippen LogP contribution in [0.2, 0.25) is 5.02 Å². The quantitative estimate of drug-likeness (QED) is 0.466. The second-order valence-electron chi connectivity index (χ2n) is 6.72. The number of alkyl halides is 3. The molecule has 168 valence electrons. The summed E-state index contributed by atoms with van der Waals surface area (Å²) in [7, 11) is 0. The Balaban J connectivity index is 2.08. The van der Waals surface area contributed by atoms with Crippen molar-refractivity contribution < 1.29 is 31.5 Å². The molecule has 3 rings (SSSR count). The first-order valence-electron chi connectivity index (χ1n) is 9.08. The molecule has 0 bridgehead atoms. The Kier molecular flexibility index (Phi) is 6.63. The third-order valence-corrected chi connectivity index (χ3v) is 4.65. The lowest BCUT2D eigenvalue weighted by Gasteiger charge is -2.20. The molecule has 0 saturated heterocycles. The number of benzene rings is 2. The highest BCUT2D eigenvalue weighted by molar-refractivity contribution is 6.34. The van der Waals surface area contributed by atoms with Gasteiger partial charge in [-0.1, -0.05) is 17.7 Å². The molecule has 1 atom stereocenters. The van der Waals surface area contributed by atoms with Crippen LogP contribution in [0.1, 0.15) is 23.0 Å². The summed E-state index contributed by atoms with van der Waals surface area (Å²) in [6, 6.07) is 5.20. The molecule has 1 unspecified atom stereocenters. The fourth-order valence-electron chi connectivity index (χ4n) is 2.61. The summed E-state index contributed by atoms with van der Waals surface area (Å²) in [5.41, 5.74) is -0.692. The maximum Gasteiger partial charge on any atom is 0.425 e. The van der Waals surface area contributed by atoms with Crippen molar-refractivity contribution in [3.05, 3.63) is 70.6 Å². The van der Waals surface area contributed by atoms with Crippen molar-refractivity contribution in [1.82, 2.24) is 9.97 Å². The summed E-state index contributed by atoms with van der Waals surface area (Å²) in [4.78, 5) is 20.7. The van der Waals surface area contributed by atoms with Crippen LogP contribution in [0.15, 0.2) is 42.7 Å². The maximum atomic E-state index is 14.8. The molecule has 0 saturated carbocycles. The van der Waals surface area contributed by atoms with E-state index in [1.165, 1.54) is 24.5 Å². The van der Waals surface area contributed by atoms with Crippen LogP contribution >= 0.6 is 11.6 Å². The van der Waals surface area contributed by atoms with Gasteiger partial charge in [0, 0.05) is 11.8 Å². The summed E-state index contributed by atoms with van der Waals surface area (Å²) in [6.07, 6.45) is -4.52. The number of aromatic nitrogens is 2. The first-order valence-corrected chi connectivity index (χ1v) is 9.46. The molecule has 1 aromatic heterocycles. The molecule has 2 aromatic carbocycles. The highest BCUT2D eigenvalue weighted by atomic mass is 35.5. The van der Waals surface area contributed by atoms with Gasteiger partial charge >= 0.3 is 6.18 Å². The van der Waals surface area contributed by atoms with Gasteiger partial charge in [0.25, 0.3) is 5.91 Å². The Hall–Kier alpha value is -3.27. The average Bonchev–Trinajstić information content (AvgIpc) is 2.71. The van der Waals surface area contributed by atoms with Gasteiger partial charge in [0.1, 0.15) is 17.4 Å². The largest absolute Gasteiger partial charge is 0.480 e. The summed E-state index contributed by atoms with van der Waals surface area (Å²) < 4.78 is 73.0. The zero-order chi connectivity index (χ0) is 23.6. The van der Waals surface area contributed by atoms with Crippen molar-refractivity contribution in [2.75, 3.05) is 5.32 Å². The van der Waals surface area contributed by atoms with Gasteiger partial charge in [-0.2, -0.15) is 13.2 Å². The van der Waals surface area contributed by atoms with Crippen LogP contribution in [-0.4, -0.2) is 28.2 Å². The number of hydrogen-bond acceptors (Lipinski definition) is 4. The second kappa shape index (κ2) is 9.07. The van der Waals surface area contributed by atoms with Gasteiger partial charge in [0.05, 0.1) is 33.9 Å². The van der Waals surface area contributed by atoms with E-state index in [1.54, 1.807) is 6.92 Å². The van der Waals surface area contributed by atoms with Crippen LogP contribution in [0, 0.1) is 18.6 Å². The molecule has 1 amide bonds. The maximum absolute atomic E-state index is 14.8. The van der Waals surface area contributed by atoms with Gasteiger partial charge in [-0.3, -0.25) is 14.8 Å². The monoisotopic (exact) mass is 471 g/mol. The van der Waals surface area contributed by atoms with Gasteiger partial charge in [-0.05, 0) is 38.1 Å². The number of nitrogens with one attached hydrogen (secondary N) is 1. The molecule has 0 aliphatic carbocycles. The molecular formula is C21H15ClF5N3O2. The molecule has 0 fully saturated rings. The van der Waals surface area contributed by atoms with E-state index in [9.17, 15) is 26.7 Å². The smallest absolute Gasteiger partial charge is 0.425 e. The van der Waals surface area contributed by atoms with E-state index in [0.29, 0.717) is 11.8 Å². The molecule has 32 heavy (non-hydrogen) atoms. The van der Waals surface area contributed by atoms with Crippen LogP contribution in [0.5, 0.6) is 5.75 Å². The number of amides is 1. The molecule has 0 aliphatic heterocycles. The summed E-state index contributed by atoms with van der Waals surface area (Å²) in [5.74, 6) is -3.57. The molecule has 3 aromatic rings. The fraction of sp³-hybridized carbons (Fsp3) is 0.190. The van der Waals surface area contributed by atoms with Gasteiger partial charge in [-0.15, -0.1) is 0 Å². The lowest BCUT2D eigenvalue weighted by molar-refractivity contribution is -0.189. The van der Waals surface area contributed by atoms with E-state index in [-0.39, 0.29) is 16.3 Å². The Labute approximate surface area is 184 Å².